The number of amides is 2. The number of carboxylic acid groups (broad SMARTS) is 1. The molecule has 1 rings (SSSR count). The van der Waals surface area contributed by atoms with E-state index in [0.717, 1.165) is 5.69 Å². The average Bonchev–Trinajstić information content (AvgIpc) is 2.57. The van der Waals surface area contributed by atoms with Crippen LogP contribution < -0.4 is 10.6 Å². The quantitative estimate of drug-likeness (QED) is 0.576. The van der Waals surface area contributed by atoms with Gasteiger partial charge in [-0.3, -0.25) is 10.00 Å². The number of aromatic nitrogens is 2. The number of hydrogen-bond acceptors (Lipinski definition) is 4. The Balaban J connectivity index is 2.57. The lowest BCUT2D eigenvalue weighted by atomic mass is 10.2. The van der Waals surface area contributed by atoms with Gasteiger partial charge in [0.05, 0.1) is 0 Å². The highest BCUT2D eigenvalue weighted by molar-refractivity contribution is 5.91. The second kappa shape index (κ2) is 6.01. The molecule has 0 aliphatic rings. The van der Waals surface area contributed by atoms with Gasteiger partial charge in [0.15, 0.2) is 5.82 Å². The average molecular weight is 256 g/mol. The van der Waals surface area contributed by atoms with Gasteiger partial charge in [-0.05, 0) is 6.92 Å². The zero-order valence-corrected chi connectivity index (χ0v) is 10.2. The maximum atomic E-state index is 11.5. The van der Waals surface area contributed by atoms with E-state index >= 15 is 0 Å². The van der Waals surface area contributed by atoms with Gasteiger partial charge < -0.3 is 15.5 Å². The number of nitrogens with one attached hydrogen (secondary N) is 2. The number of aryl methyl sites for hydroxylation is 2. The van der Waals surface area contributed by atoms with Crippen molar-refractivity contribution in [1.29, 1.82) is 0 Å². The van der Waals surface area contributed by atoms with Crippen LogP contribution in [0.5, 0.6) is 0 Å². The summed E-state index contributed by atoms with van der Waals surface area (Å²) >= 11 is 0. The molecule has 0 aliphatic heterocycles. The van der Waals surface area contributed by atoms with E-state index in [1.54, 1.807) is 17.8 Å². The molecule has 0 spiro atoms. The lowest BCUT2D eigenvalue weighted by Crippen LogP contribution is -2.43. The number of aliphatic hydroxyl groups excluding tert-OH is 1. The summed E-state index contributed by atoms with van der Waals surface area (Å²) in [5.41, 5.74) is 0.857. The van der Waals surface area contributed by atoms with Crippen LogP contribution in [0.4, 0.5) is 10.6 Å². The minimum Gasteiger partial charge on any atom is -0.480 e. The molecule has 0 aromatic carbocycles. The van der Waals surface area contributed by atoms with Gasteiger partial charge in [0.25, 0.3) is 0 Å². The molecule has 18 heavy (non-hydrogen) atoms. The van der Waals surface area contributed by atoms with Crippen LogP contribution >= 0.6 is 0 Å². The van der Waals surface area contributed by atoms with Crippen molar-refractivity contribution in [2.45, 2.75) is 19.4 Å². The van der Waals surface area contributed by atoms with Gasteiger partial charge in [-0.15, -0.1) is 0 Å². The van der Waals surface area contributed by atoms with Crippen molar-refractivity contribution in [3.8, 4) is 0 Å². The summed E-state index contributed by atoms with van der Waals surface area (Å²) in [5.74, 6) is -0.864. The molecule has 100 valence electrons. The fourth-order valence-electron chi connectivity index (χ4n) is 1.32. The van der Waals surface area contributed by atoms with Crippen LogP contribution in [0.1, 0.15) is 12.1 Å². The molecule has 1 unspecified atom stereocenters. The molecule has 0 saturated heterocycles. The minimum atomic E-state index is -1.20. The van der Waals surface area contributed by atoms with Gasteiger partial charge in [-0.1, -0.05) is 0 Å². The van der Waals surface area contributed by atoms with Gasteiger partial charge >= 0.3 is 12.0 Å². The van der Waals surface area contributed by atoms with Gasteiger partial charge in [0.2, 0.25) is 0 Å². The Bertz CT molecular complexity index is 424. The summed E-state index contributed by atoms with van der Waals surface area (Å²) in [6.45, 7) is 1.50. The predicted molar refractivity (Wildman–Crippen MR) is 63.2 cm³/mol. The largest absolute Gasteiger partial charge is 0.480 e. The molecular weight excluding hydrogens is 240 g/mol. The van der Waals surface area contributed by atoms with E-state index in [1.165, 1.54) is 0 Å². The zero-order chi connectivity index (χ0) is 13.7. The Morgan fingerprint density at radius 1 is 1.56 bits per heavy atom. The Hall–Kier alpha value is -2.09. The third kappa shape index (κ3) is 3.74. The number of aliphatic hydroxyl groups is 1. The number of carboxylic acids is 1. The minimum absolute atomic E-state index is 0.0516. The number of carbonyl (C=O) groups is 2. The van der Waals surface area contributed by atoms with Crippen molar-refractivity contribution in [1.82, 2.24) is 15.1 Å². The topological polar surface area (TPSA) is 116 Å². The Morgan fingerprint density at radius 3 is 2.67 bits per heavy atom. The molecule has 1 heterocycles. The van der Waals surface area contributed by atoms with E-state index in [9.17, 15) is 9.59 Å². The van der Waals surface area contributed by atoms with Crippen LogP contribution in [0, 0.1) is 6.92 Å². The first-order chi connectivity index (χ1) is 8.43. The monoisotopic (exact) mass is 256 g/mol. The first kappa shape index (κ1) is 14.0. The number of hydrogen-bond donors (Lipinski definition) is 4. The molecule has 1 atom stereocenters. The summed E-state index contributed by atoms with van der Waals surface area (Å²) < 4.78 is 1.58. The number of carbonyl (C=O) groups excluding carboxylic acids is 1. The number of aliphatic carboxylic acids is 1. The van der Waals surface area contributed by atoms with Crippen molar-refractivity contribution < 1.29 is 19.8 Å². The van der Waals surface area contributed by atoms with Crippen molar-refractivity contribution in [2.75, 3.05) is 11.9 Å². The molecule has 0 fully saturated rings. The van der Waals surface area contributed by atoms with Crippen molar-refractivity contribution in [2.24, 2.45) is 7.05 Å². The first-order valence-electron chi connectivity index (χ1n) is 5.36. The molecule has 0 aliphatic carbocycles. The van der Waals surface area contributed by atoms with E-state index in [1.807, 2.05) is 6.92 Å². The van der Waals surface area contributed by atoms with Crippen LogP contribution in [-0.2, 0) is 11.8 Å². The summed E-state index contributed by atoms with van der Waals surface area (Å²) in [6.07, 6.45) is -0.0516. The van der Waals surface area contributed by atoms with Crippen molar-refractivity contribution >= 4 is 17.8 Å². The number of urea groups is 1. The lowest BCUT2D eigenvalue weighted by molar-refractivity contribution is -0.139. The standard InChI is InChI=1S/C10H16N4O4/c1-6-5-8(13-14(6)2)12-10(18)11-7(3-4-15)9(16)17/h5,7,15H,3-4H2,1-2H3,(H,16,17)(H2,11,12,13,18). The van der Waals surface area contributed by atoms with E-state index in [0.29, 0.717) is 5.82 Å². The second-order valence-corrected chi connectivity index (χ2v) is 3.80. The fraction of sp³-hybridized carbons (Fsp3) is 0.500. The van der Waals surface area contributed by atoms with Crippen LogP contribution in [0.25, 0.3) is 0 Å². The highest BCUT2D eigenvalue weighted by Gasteiger charge is 2.19. The summed E-state index contributed by atoms with van der Waals surface area (Å²) in [5, 5.41) is 26.1. The van der Waals surface area contributed by atoms with E-state index in [-0.39, 0.29) is 13.0 Å². The van der Waals surface area contributed by atoms with Gasteiger partial charge in [-0.25, -0.2) is 9.59 Å². The SMILES string of the molecule is Cc1cc(NC(=O)NC(CCO)C(=O)O)nn1C. The fourth-order valence-corrected chi connectivity index (χ4v) is 1.32. The van der Waals surface area contributed by atoms with E-state index < -0.39 is 18.0 Å². The maximum absolute atomic E-state index is 11.5. The molecule has 0 radical (unpaired) electrons. The molecule has 4 N–H and O–H groups in total. The lowest BCUT2D eigenvalue weighted by Gasteiger charge is -2.12. The zero-order valence-electron chi connectivity index (χ0n) is 10.2. The molecule has 0 saturated carbocycles. The predicted octanol–water partition coefficient (Wildman–Crippen LogP) is -0.314. The normalized spacial score (nSPS) is 11.9. The van der Waals surface area contributed by atoms with Crippen LogP contribution in [0.15, 0.2) is 6.07 Å². The van der Waals surface area contributed by atoms with Crippen molar-refractivity contribution in [3.05, 3.63) is 11.8 Å². The molecule has 0 bridgehead atoms. The molecule has 2 amide bonds. The number of anilines is 1. The smallest absolute Gasteiger partial charge is 0.326 e. The van der Waals surface area contributed by atoms with Gasteiger partial charge in [0.1, 0.15) is 6.04 Å². The van der Waals surface area contributed by atoms with E-state index in [2.05, 4.69) is 15.7 Å². The Morgan fingerprint density at radius 2 is 2.22 bits per heavy atom. The number of nitrogens with zero attached hydrogens (tertiary/aromatic N) is 2. The summed E-state index contributed by atoms with van der Waals surface area (Å²) in [4.78, 5) is 22.3. The molecule has 1 aromatic heterocycles. The maximum Gasteiger partial charge on any atom is 0.326 e. The third-order valence-electron chi connectivity index (χ3n) is 2.38. The Labute approximate surface area is 104 Å². The molecule has 1 aromatic rings. The highest BCUT2D eigenvalue weighted by atomic mass is 16.4. The molecule has 8 nitrogen and oxygen atoms in total. The third-order valence-corrected chi connectivity index (χ3v) is 2.38. The first-order valence-corrected chi connectivity index (χ1v) is 5.36. The van der Waals surface area contributed by atoms with Crippen LogP contribution in [0.3, 0.4) is 0 Å². The summed E-state index contributed by atoms with van der Waals surface area (Å²) in [6, 6.07) is -0.143. The molecular formula is C10H16N4O4. The van der Waals surface area contributed by atoms with Gasteiger partial charge in [-0.2, -0.15) is 5.10 Å². The summed E-state index contributed by atoms with van der Waals surface area (Å²) in [7, 11) is 1.73. The van der Waals surface area contributed by atoms with E-state index in [4.69, 9.17) is 10.2 Å². The Kier molecular flexibility index (Phi) is 4.67. The van der Waals surface area contributed by atoms with Crippen LogP contribution in [-0.4, -0.2) is 44.6 Å². The van der Waals surface area contributed by atoms with Crippen LogP contribution in [0.2, 0.25) is 0 Å². The molecule has 8 heteroatoms. The van der Waals surface area contributed by atoms with Gasteiger partial charge in [0, 0.05) is 31.8 Å². The highest BCUT2D eigenvalue weighted by Crippen LogP contribution is 2.06. The second-order valence-electron chi connectivity index (χ2n) is 3.80. The number of rotatable bonds is 5. The van der Waals surface area contributed by atoms with Crippen molar-refractivity contribution in [3.63, 3.8) is 0 Å².